The molecule has 0 radical (unpaired) electrons. The number of thioether (sulfide) groups is 1. The predicted molar refractivity (Wildman–Crippen MR) is 111 cm³/mol. The van der Waals surface area contributed by atoms with Crippen LogP contribution in [0, 0.1) is 0 Å². The molecule has 1 atom stereocenters. The first kappa shape index (κ1) is 20.9. The average Bonchev–Trinajstić information content (AvgIpc) is 3.11. The van der Waals surface area contributed by atoms with Crippen molar-refractivity contribution in [1.82, 2.24) is 19.5 Å². The molecule has 3 rings (SSSR count). The number of carboxylic acids is 1. The first-order chi connectivity index (χ1) is 14.0. The first-order valence-corrected chi connectivity index (χ1v) is 10.4. The summed E-state index contributed by atoms with van der Waals surface area (Å²) in [5.41, 5.74) is 1.29. The van der Waals surface area contributed by atoms with Crippen molar-refractivity contribution in [3.05, 3.63) is 47.4 Å². The molecule has 1 unspecified atom stereocenters. The molecular weight excluding hydrogens is 418 g/mol. The van der Waals surface area contributed by atoms with Crippen molar-refractivity contribution in [1.29, 1.82) is 0 Å². The highest BCUT2D eigenvalue weighted by Crippen LogP contribution is 2.25. The number of amides is 1. The number of hydrogen-bond acceptors (Lipinski definition) is 7. The number of aliphatic carboxylic acids is 1. The quantitative estimate of drug-likeness (QED) is 0.408. The molecule has 11 heteroatoms. The molecule has 152 valence electrons. The van der Waals surface area contributed by atoms with Gasteiger partial charge in [0.2, 0.25) is 5.95 Å². The maximum atomic E-state index is 11.9. The third kappa shape index (κ3) is 5.15. The molecule has 0 spiro atoms. The number of anilines is 1. The summed E-state index contributed by atoms with van der Waals surface area (Å²) in [6, 6.07) is 8.25. The second-order valence-electron chi connectivity index (χ2n) is 5.96. The maximum Gasteiger partial charge on any atom is 0.414 e. The van der Waals surface area contributed by atoms with Crippen molar-refractivity contribution >= 4 is 52.5 Å². The molecule has 0 bridgehead atoms. The highest BCUT2D eigenvalue weighted by molar-refractivity contribution is 7.98. The SMILES string of the molecule is CSCCOC(=O)Nc1nc(Cl)c2ncn(C(Cc3ccccc3)C(=O)O)c2n1. The third-order valence-corrected chi connectivity index (χ3v) is 4.84. The van der Waals surface area contributed by atoms with Gasteiger partial charge in [-0.3, -0.25) is 5.32 Å². The molecule has 0 aliphatic heterocycles. The zero-order valence-corrected chi connectivity index (χ0v) is 17.0. The summed E-state index contributed by atoms with van der Waals surface area (Å²) in [6.07, 6.45) is 2.75. The summed E-state index contributed by atoms with van der Waals surface area (Å²) in [4.78, 5) is 36.1. The van der Waals surface area contributed by atoms with Crippen LogP contribution in [-0.4, -0.2) is 55.3 Å². The van der Waals surface area contributed by atoms with Crippen molar-refractivity contribution in [2.75, 3.05) is 23.9 Å². The fraction of sp³-hybridized carbons (Fsp3) is 0.278. The van der Waals surface area contributed by atoms with Crippen LogP contribution in [0.25, 0.3) is 11.2 Å². The van der Waals surface area contributed by atoms with Crippen LogP contribution in [0.5, 0.6) is 0 Å². The van der Waals surface area contributed by atoms with E-state index in [1.807, 2.05) is 36.6 Å². The van der Waals surface area contributed by atoms with Gasteiger partial charge in [0.15, 0.2) is 10.8 Å². The van der Waals surface area contributed by atoms with E-state index in [1.165, 1.54) is 22.7 Å². The Kier molecular flexibility index (Phi) is 6.89. The molecule has 1 amide bonds. The number of rotatable bonds is 8. The van der Waals surface area contributed by atoms with Gasteiger partial charge in [-0.15, -0.1) is 0 Å². The molecule has 2 heterocycles. The van der Waals surface area contributed by atoms with Gasteiger partial charge in [-0.05, 0) is 11.8 Å². The largest absolute Gasteiger partial charge is 0.480 e. The van der Waals surface area contributed by atoms with Crippen LogP contribution in [0.4, 0.5) is 10.7 Å². The topological polar surface area (TPSA) is 119 Å². The zero-order chi connectivity index (χ0) is 20.8. The molecule has 29 heavy (non-hydrogen) atoms. The maximum absolute atomic E-state index is 11.9. The molecule has 0 fully saturated rings. The minimum Gasteiger partial charge on any atom is -0.480 e. The highest BCUT2D eigenvalue weighted by Gasteiger charge is 2.24. The Morgan fingerprint density at radius 3 is 2.76 bits per heavy atom. The number of imidazole rings is 1. The Morgan fingerprint density at radius 1 is 1.31 bits per heavy atom. The lowest BCUT2D eigenvalue weighted by Crippen LogP contribution is -2.22. The number of aromatic nitrogens is 4. The highest BCUT2D eigenvalue weighted by atomic mass is 35.5. The molecule has 0 saturated carbocycles. The van der Waals surface area contributed by atoms with Gasteiger partial charge >= 0.3 is 12.1 Å². The molecule has 0 aliphatic carbocycles. The fourth-order valence-corrected chi connectivity index (χ4v) is 3.12. The average molecular weight is 436 g/mol. The van der Waals surface area contributed by atoms with Crippen LogP contribution in [0.1, 0.15) is 11.6 Å². The summed E-state index contributed by atoms with van der Waals surface area (Å²) < 4.78 is 6.41. The Bertz CT molecular complexity index is 1010. The van der Waals surface area contributed by atoms with E-state index in [1.54, 1.807) is 0 Å². The van der Waals surface area contributed by atoms with E-state index in [0.29, 0.717) is 5.75 Å². The van der Waals surface area contributed by atoms with Gasteiger partial charge in [-0.1, -0.05) is 41.9 Å². The Morgan fingerprint density at radius 2 is 2.07 bits per heavy atom. The molecule has 2 N–H and O–H groups in total. The van der Waals surface area contributed by atoms with E-state index in [4.69, 9.17) is 16.3 Å². The minimum absolute atomic E-state index is 0.00277. The third-order valence-electron chi connectivity index (χ3n) is 4.01. The number of halogens is 1. The second-order valence-corrected chi connectivity index (χ2v) is 7.30. The van der Waals surface area contributed by atoms with Gasteiger partial charge in [0.1, 0.15) is 18.2 Å². The van der Waals surface area contributed by atoms with Crippen LogP contribution in [0.15, 0.2) is 36.7 Å². The van der Waals surface area contributed by atoms with Gasteiger partial charge in [0.25, 0.3) is 0 Å². The van der Waals surface area contributed by atoms with E-state index >= 15 is 0 Å². The normalized spacial score (nSPS) is 11.9. The Hall–Kier alpha value is -2.85. The standard InChI is InChI=1S/C18H18ClN5O4S/c1-29-8-7-28-18(27)23-17-21-14(19)13-15(22-17)24(10-20-13)12(16(25)26)9-11-5-3-2-4-6-11/h2-6,10,12H,7-9H2,1H3,(H,25,26)(H,21,22,23,27). The van der Waals surface area contributed by atoms with Crippen molar-refractivity contribution in [3.8, 4) is 0 Å². The van der Waals surface area contributed by atoms with Crippen LogP contribution < -0.4 is 5.32 Å². The number of carboxylic acid groups (broad SMARTS) is 1. The number of hydrogen-bond donors (Lipinski definition) is 2. The lowest BCUT2D eigenvalue weighted by atomic mass is 10.1. The van der Waals surface area contributed by atoms with Gasteiger partial charge in [-0.25, -0.2) is 14.6 Å². The molecular formula is C18H18ClN5O4S. The van der Waals surface area contributed by atoms with E-state index in [0.717, 1.165) is 5.56 Å². The van der Waals surface area contributed by atoms with Crippen LogP contribution in [0.3, 0.4) is 0 Å². The smallest absolute Gasteiger partial charge is 0.414 e. The minimum atomic E-state index is -1.05. The second kappa shape index (κ2) is 9.57. The summed E-state index contributed by atoms with van der Waals surface area (Å²) in [5, 5.41) is 12.2. The van der Waals surface area contributed by atoms with Gasteiger partial charge in [0.05, 0.1) is 6.33 Å². The summed E-state index contributed by atoms with van der Waals surface area (Å²) in [7, 11) is 0. The number of nitrogens with one attached hydrogen (secondary N) is 1. The summed E-state index contributed by atoms with van der Waals surface area (Å²) >= 11 is 7.70. The summed E-state index contributed by atoms with van der Waals surface area (Å²) in [5.74, 6) is -0.489. The molecule has 0 saturated heterocycles. The van der Waals surface area contributed by atoms with E-state index in [2.05, 4.69) is 20.3 Å². The summed E-state index contributed by atoms with van der Waals surface area (Å²) in [6.45, 7) is 0.235. The number of ether oxygens (including phenoxy) is 1. The molecule has 9 nitrogen and oxygen atoms in total. The van der Waals surface area contributed by atoms with Gasteiger partial charge in [-0.2, -0.15) is 21.7 Å². The van der Waals surface area contributed by atoms with E-state index in [9.17, 15) is 14.7 Å². The van der Waals surface area contributed by atoms with Crippen LogP contribution >= 0.6 is 23.4 Å². The lowest BCUT2D eigenvalue weighted by molar-refractivity contribution is -0.140. The van der Waals surface area contributed by atoms with Gasteiger partial charge in [0, 0.05) is 12.2 Å². The molecule has 0 aliphatic rings. The molecule has 1 aromatic carbocycles. The Balaban J connectivity index is 1.90. The van der Waals surface area contributed by atoms with Crippen molar-refractivity contribution < 1.29 is 19.4 Å². The van der Waals surface area contributed by atoms with Crippen LogP contribution in [-0.2, 0) is 16.0 Å². The van der Waals surface area contributed by atoms with Crippen molar-refractivity contribution in [3.63, 3.8) is 0 Å². The fourth-order valence-electron chi connectivity index (χ4n) is 2.65. The number of carbonyl (C=O) groups is 2. The number of fused-ring (bicyclic) bond motifs is 1. The zero-order valence-electron chi connectivity index (χ0n) is 15.4. The van der Waals surface area contributed by atoms with E-state index < -0.39 is 18.1 Å². The number of benzene rings is 1. The first-order valence-electron chi connectivity index (χ1n) is 8.59. The molecule has 2 aromatic heterocycles. The Labute approximate surface area is 175 Å². The van der Waals surface area contributed by atoms with Crippen LogP contribution in [0.2, 0.25) is 5.15 Å². The monoisotopic (exact) mass is 435 g/mol. The number of carbonyl (C=O) groups excluding carboxylic acids is 1. The van der Waals surface area contributed by atoms with Gasteiger partial charge < -0.3 is 14.4 Å². The molecule has 3 aromatic rings. The predicted octanol–water partition coefficient (Wildman–Crippen LogP) is 3.26. The van der Waals surface area contributed by atoms with Crippen molar-refractivity contribution in [2.45, 2.75) is 12.5 Å². The lowest BCUT2D eigenvalue weighted by Gasteiger charge is -2.15. The number of nitrogens with zero attached hydrogens (tertiary/aromatic N) is 4. The van der Waals surface area contributed by atoms with Crippen molar-refractivity contribution in [2.24, 2.45) is 0 Å². The van der Waals surface area contributed by atoms with E-state index in [-0.39, 0.29) is 35.3 Å².